The van der Waals surface area contributed by atoms with E-state index in [0.717, 1.165) is 69.1 Å². The van der Waals surface area contributed by atoms with E-state index < -0.39 is 0 Å². The number of rotatable bonds is 3. The average Bonchev–Trinajstić information content (AvgIpc) is 2.54. The highest BCUT2D eigenvalue weighted by Gasteiger charge is 2.21. The summed E-state index contributed by atoms with van der Waals surface area (Å²) >= 11 is 0. The van der Waals surface area contributed by atoms with Gasteiger partial charge in [-0.1, -0.05) is 6.92 Å². The molecule has 0 saturated carbocycles. The maximum Gasteiger partial charge on any atom is 0.209 e. The molecule has 1 unspecified atom stereocenters. The molecule has 2 aliphatic heterocycles. The number of amides is 1. The molecule has 0 aromatic carbocycles. The van der Waals surface area contributed by atoms with Crippen LogP contribution in [0.4, 0.5) is 11.6 Å². The molecule has 0 N–H and O–H groups in total. The monoisotopic (exact) mass is 303 g/mol. The molecule has 6 nitrogen and oxygen atoms in total. The molecule has 0 bridgehead atoms. The van der Waals surface area contributed by atoms with Gasteiger partial charge in [-0.25, -0.2) is 9.97 Å². The van der Waals surface area contributed by atoms with E-state index in [-0.39, 0.29) is 0 Å². The first-order valence-corrected chi connectivity index (χ1v) is 8.20. The van der Waals surface area contributed by atoms with E-state index in [1.54, 1.807) is 0 Å². The number of nitrogens with zero attached hydrogens (tertiary/aromatic N) is 5. The first-order valence-electron chi connectivity index (χ1n) is 8.20. The van der Waals surface area contributed by atoms with Crippen molar-refractivity contribution in [2.24, 2.45) is 5.92 Å². The molecule has 1 amide bonds. The van der Waals surface area contributed by atoms with Gasteiger partial charge in [0, 0.05) is 45.3 Å². The number of aryl methyl sites for hydroxylation is 1. The van der Waals surface area contributed by atoms with Crippen LogP contribution in [0.15, 0.2) is 6.07 Å². The summed E-state index contributed by atoms with van der Waals surface area (Å²) in [6.07, 6.45) is 3.47. The van der Waals surface area contributed by atoms with Gasteiger partial charge in [0.05, 0.1) is 0 Å². The molecule has 1 atom stereocenters. The van der Waals surface area contributed by atoms with E-state index in [2.05, 4.69) is 32.8 Å². The molecule has 0 spiro atoms. The number of hydrogen-bond acceptors (Lipinski definition) is 5. The molecule has 22 heavy (non-hydrogen) atoms. The van der Waals surface area contributed by atoms with Gasteiger partial charge < -0.3 is 14.7 Å². The van der Waals surface area contributed by atoms with Crippen LogP contribution >= 0.6 is 0 Å². The fourth-order valence-electron chi connectivity index (χ4n) is 3.31. The standard InChI is InChI=1S/C16H25N5O/c1-13-4-3-5-21(11-13)16-10-15(17-14(2)18-16)20-8-6-19(12-22)7-9-20/h10,12-13H,3-9,11H2,1-2H3. The molecule has 1 aromatic heterocycles. The minimum Gasteiger partial charge on any atom is -0.356 e. The highest BCUT2D eigenvalue weighted by Crippen LogP contribution is 2.24. The molecule has 2 fully saturated rings. The van der Waals surface area contributed by atoms with Crippen molar-refractivity contribution >= 4 is 18.0 Å². The van der Waals surface area contributed by atoms with Crippen LogP contribution in [0.25, 0.3) is 0 Å². The second-order valence-electron chi connectivity index (χ2n) is 6.45. The summed E-state index contributed by atoms with van der Waals surface area (Å²) in [5.74, 6) is 3.59. The maximum atomic E-state index is 10.8. The minimum atomic E-state index is 0.726. The van der Waals surface area contributed by atoms with Gasteiger partial charge in [-0.15, -0.1) is 0 Å². The van der Waals surface area contributed by atoms with Gasteiger partial charge in [0.15, 0.2) is 0 Å². The van der Waals surface area contributed by atoms with Crippen LogP contribution in [0.1, 0.15) is 25.6 Å². The highest BCUT2D eigenvalue weighted by molar-refractivity contribution is 5.53. The second kappa shape index (κ2) is 6.50. The lowest BCUT2D eigenvalue weighted by Crippen LogP contribution is -2.46. The Labute approximate surface area is 132 Å². The molecule has 2 aliphatic rings. The van der Waals surface area contributed by atoms with Crippen molar-refractivity contribution in [3.8, 4) is 0 Å². The van der Waals surface area contributed by atoms with Gasteiger partial charge in [0.25, 0.3) is 0 Å². The lowest BCUT2D eigenvalue weighted by molar-refractivity contribution is -0.118. The minimum absolute atomic E-state index is 0.726. The summed E-state index contributed by atoms with van der Waals surface area (Å²) in [5.41, 5.74) is 0. The Hall–Kier alpha value is -1.85. The largest absolute Gasteiger partial charge is 0.356 e. The van der Waals surface area contributed by atoms with E-state index in [1.165, 1.54) is 12.8 Å². The van der Waals surface area contributed by atoms with Crippen molar-refractivity contribution in [1.82, 2.24) is 14.9 Å². The number of aromatic nitrogens is 2. The Morgan fingerprint density at radius 1 is 1.09 bits per heavy atom. The third kappa shape index (κ3) is 3.31. The van der Waals surface area contributed by atoms with Gasteiger partial charge in [0.2, 0.25) is 6.41 Å². The zero-order chi connectivity index (χ0) is 15.5. The Balaban J connectivity index is 1.76. The van der Waals surface area contributed by atoms with Gasteiger partial charge in [-0.2, -0.15) is 0 Å². The predicted molar refractivity (Wildman–Crippen MR) is 87.2 cm³/mol. The lowest BCUT2D eigenvalue weighted by atomic mass is 10.0. The maximum absolute atomic E-state index is 10.8. The van der Waals surface area contributed by atoms with Crippen LogP contribution in [-0.4, -0.2) is 60.5 Å². The first-order chi connectivity index (χ1) is 10.7. The van der Waals surface area contributed by atoms with E-state index in [0.29, 0.717) is 0 Å². The van der Waals surface area contributed by atoms with Crippen molar-refractivity contribution < 1.29 is 4.79 Å². The molecule has 3 heterocycles. The van der Waals surface area contributed by atoms with Crippen LogP contribution in [0, 0.1) is 12.8 Å². The molecule has 6 heteroatoms. The van der Waals surface area contributed by atoms with Crippen LogP contribution in [0.2, 0.25) is 0 Å². The Morgan fingerprint density at radius 3 is 2.41 bits per heavy atom. The van der Waals surface area contributed by atoms with E-state index >= 15 is 0 Å². The summed E-state index contributed by atoms with van der Waals surface area (Å²) in [4.78, 5) is 26.5. The summed E-state index contributed by atoms with van der Waals surface area (Å²) in [5, 5.41) is 0. The van der Waals surface area contributed by atoms with Gasteiger partial charge in [-0.05, 0) is 25.7 Å². The fraction of sp³-hybridized carbons (Fsp3) is 0.688. The Morgan fingerprint density at radius 2 is 1.77 bits per heavy atom. The Kier molecular flexibility index (Phi) is 4.45. The third-order valence-corrected chi connectivity index (χ3v) is 4.58. The van der Waals surface area contributed by atoms with Gasteiger partial charge in [0.1, 0.15) is 17.5 Å². The zero-order valence-electron chi connectivity index (χ0n) is 13.5. The normalized spacial score (nSPS) is 22.8. The van der Waals surface area contributed by atoms with Crippen LogP contribution in [0.3, 0.4) is 0 Å². The zero-order valence-corrected chi connectivity index (χ0v) is 13.5. The summed E-state index contributed by atoms with van der Waals surface area (Å²) in [6.45, 7) is 9.64. The Bertz CT molecular complexity index is 527. The topological polar surface area (TPSA) is 52.6 Å². The molecule has 0 aliphatic carbocycles. The quantitative estimate of drug-likeness (QED) is 0.788. The van der Waals surface area contributed by atoms with E-state index in [1.807, 2.05) is 11.8 Å². The number of hydrogen-bond donors (Lipinski definition) is 0. The van der Waals surface area contributed by atoms with Crippen LogP contribution < -0.4 is 9.80 Å². The molecule has 3 rings (SSSR count). The fourth-order valence-corrected chi connectivity index (χ4v) is 3.31. The number of carbonyl (C=O) groups is 1. The van der Waals surface area contributed by atoms with Crippen molar-refractivity contribution in [2.45, 2.75) is 26.7 Å². The number of carbonyl (C=O) groups excluding carboxylic acids is 1. The SMILES string of the molecule is Cc1nc(N2CCN(C=O)CC2)cc(N2CCCC(C)C2)n1. The highest BCUT2D eigenvalue weighted by atomic mass is 16.1. The smallest absolute Gasteiger partial charge is 0.209 e. The van der Waals surface area contributed by atoms with Crippen molar-refractivity contribution in [3.05, 3.63) is 11.9 Å². The van der Waals surface area contributed by atoms with Crippen molar-refractivity contribution in [2.75, 3.05) is 49.1 Å². The number of piperidine rings is 1. The summed E-state index contributed by atoms with van der Waals surface area (Å²) in [6, 6.07) is 2.11. The number of piperazine rings is 1. The molecule has 2 saturated heterocycles. The van der Waals surface area contributed by atoms with E-state index in [9.17, 15) is 4.79 Å². The van der Waals surface area contributed by atoms with Crippen LogP contribution in [-0.2, 0) is 4.79 Å². The third-order valence-electron chi connectivity index (χ3n) is 4.58. The average molecular weight is 303 g/mol. The molecular weight excluding hydrogens is 278 g/mol. The summed E-state index contributed by atoms with van der Waals surface area (Å²) in [7, 11) is 0. The van der Waals surface area contributed by atoms with Gasteiger partial charge >= 0.3 is 0 Å². The molecular formula is C16H25N5O. The first kappa shape index (κ1) is 15.1. The lowest BCUT2D eigenvalue weighted by Gasteiger charge is -2.35. The summed E-state index contributed by atoms with van der Waals surface area (Å²) < 4.78 is 0. The molecule has 1 aromatic rings. The van der Waals surface area contributed by atoms with Crippen molar-refractivity contribution in [3.63, 3.8) is 0 Å². The van der Waals surface area contributed by atoms with Crippen molar-refractivity contribution in [1.29, 1.82) is 0 Å². The molecule has 0 radical (unpaired) electrons. The molecule has 120 valence electrons. The number of anilines is 2. The van der Waals surface area contributed by atoms with Gasteiger partial charge in [-0.3, -0.25) is 4.79 Å². The van der Waals surface area contributed by atoms with Crippen LogP contribution in [0.5, 0.6) is 0 Å². The van der Waals surface area contributed by atoms with E-state index in [4.69, 9.17) is 0 Å². The second-order valence-corrected chi connectivity index (χ2v) is 6.45. The predicted octanol–water partition coefficient (Wildman–Crippen LogP) is 1.30.